The molecule has 1 aromatic rings. The monoisotopic (exact) mass is 222 g/mol. The van der Waals surface area contributed by atoms with E-state index in [2.05, 4.69) is 24.1 Å². The Morgan fingerprint density at radius 2 is 2.06 bits per heavy atom. The Balaban J connectivity index is 2.45. The van der Waals surface area contributed by atoms with Crippen LogP contribution in [-0.2, 0) is 0 Å². The van der Waals surface area contributed by atoms with E-state index in [0.29, 0.717) is 12.5 Å². The number of hydrogen-bond acceptors (Lipinski definition) is 3. The van der Waals surface area contributed by atoms with Crippen LogP contribution < -0.4 is 5.32 Å². The van der Waals surface area contributed by atoms with Gasteiger partial charge in [0.25, 0.3) is 0 Å². The molecule has 0 saturated heterocycles. The average molecular weight is 222 g/mol. The van der Waals surface area contributed by atoms with Gasteiger partial charge in [0.05, 0.1) is 6.10 Å². The highest BCUT2D eigenvalue weighted by Gasteiger charge is 2.14. The lowest BCUT2D eigenvalue weighted by Gasteiger charge is -2.20. The maximum absolute atomic E-state index is 9.95. The molecule has 0 aliphatic rings. The molecule has 0 aromatic carbocycles. The molecule has 90 valence electrons. The fourth-order valence-electron chi connectivity index (χ4n) is 1.84. The predicted molar refractivity (Wildman–Crippen MR) is 67.5 cm³/mol. The highest BCUT2D eigenvalue weighted by molar-refractivity contribution is 5.36. The number of hydrogen-bond donors (Lipinski definition) is 2. The molecule has 0 saturated carbocycles. The molecule has 0 radical (unpaired) electrons. The summed E-state index contributed by atoms with van der Waals surface area (Å²) in [6.07, 6.45) is 3.51. The maximum atomic E-state index is 9.95. The number of anilines is 1. The molecular weight excluding hydrogens is 200 g/mol. The summed E-state index contributed by atoms with van der Waals surface area (Å²) in [5.74, 6) is 1.21. The van der Waals surface area contributed by atoms with Crippen molar-refractivity contribution in [2.24, 2.45) is 5.92 Å². The summed E-state index contributed by atoms with van der Waals surface area (Å²) in [5, 5.41) is 13.1. The third kappa shape index (κ3) is 3.81. The Hall–Kier alpha value is -1.09. The fourth-order valence-corrected chi connectivity index (χ4v) is 1.84. The Bertz CT molecular complexity index is 311. The number of aryl methyl sites for hydroxylation is 1. The Morgan fingerprint density at radius 1 is 1.38 bits per heavy atom. The normalized spacial score (nSPS) is 12.8. The Kier molecular flexibility index (Phi) is 5.26. The molecule has 3 heteroatoms. The van der Waals surface area contributed by atoms with E-state index in [4.69, 9.17) is 0 Å². The van der Waals surface area contributed by atoms with Crippen molar-refractivity contribution in [1.29, 1.82) is 0 Å². The van der Waals surface area contributed by atoms with Crippen LogP contribution in [0.2, 0.25) is 0 Å². The summed E-state index contributed by atoms with van der Waals surface area (Å²) >= 11 is 0. The summed E-state index contributed by atoms with van der Waals surface area (Å²) in [7, 11) is 0. The van der Waals surface area contributed by atoms with Gasteiger partial charge in [-0.3, -0.25) is 0 Å². The van der Waals surface area contributed by atoms with Crippen molar-refractivity contribution >= 4 is 5.82 Å². The molecule has 0 aliphatic heterocycles. The number of nitrogens with zero attached hydrogens (tertiary/aromatic N) is 1. The van der Waals surface area contributed by atoms with Gasteiger partial charge >= 0.3 is 0 Å². The minimum Gasteiger partial charge on any atom is -0.391 e. The zero-order valence-corrected chi connectivity index (χ0v) is 10.4. The van der Waals surface area contributed by atoms with Crippen LogP contribution in [0.15, 0.2) is 18.3 Å². The largest absolute Gasteiger partial charge is 0.391 e. The van der Waals surface area contributed by atoms with Crippen LogP contribution in [0.25, 0.3) is 0 Å². The highest BCUT2D eigenvalue weighted by atomic mass is 16.3. The molecule has 0 bridgehead atoms. The molecule has 0 fully saturated rings. The van der Waals surface area contributed by atoms with Crippen molar-refractivity contribution in [1.82, 2.24) is 4.98 Å². The van der Waals surface area contributed by atoms with Crippen LogP contribution in [0.4, 0.5) is 5.82 Å². The van der Waals surface area contributed by atoms with Crippen LogP contribution >= 0.6 is 0 Å². The molecule has 0 amide bonds. The van der Waals surface area contributed by atoms with Gasteiger partial charge < -0.3 is 10.4 Å². The first-order valence-corrected chi connectivity index (χ1v) is 6.02. The minimum atomic E-state index is -0.294. The molecule has 1 aromatic heterocycles. The molecule has 1 heterocycles. The van der Waals surface area contributed by atoms with Crippen molar-refractivity contribution in [3.05, 3.63) is 23.9 Å². The molecule has 3 nitrogen and oxygen atoms in total. The topological polar surface area (TPSA) is 45.1 Å². The van der Waals surface area contributed by atoms with Crippen LogP contribution in [0.3, 0.4) is 0 Å². The van der Waals surface area contributed by atoms with E-state index in [1.165, 1.54) is 5.56 Å². The molecule has 1 rings (SSSR count). The van der Waals surface area contributed by atoms with Crippen molar-refractivity contribution in [3.8, 4) is 0 Å². The third-order valence-electron chi connectivity index (χ3n) is 3.00. The summed E-state index contributed by atoms with van der Waals surface area (Å²) < 4.78 is 0. The van der Waals surface area contributed by atoms with Gasteiger partial charge in [0.15, 0.2) is 0 Å². The van der Waals surface area contributed by atoms with Crippen molar-refractivity contribution < 1.29 is 5.11 Å². The Morgan fingerprint density at radius 3 is 2.62 bits per heavy atom. The van der Waals surface area contributed by atoms with Gasteiger partial charge in [-0.2, -0.15) is 0 Å². The van der Waals surface area contributed by atoms with Crippen molar-refractivity contribution in [2.75, 3.05) is 11.9 Å². The lowest BCUT2D eigenvalue weighted by atomic mass is 9.96. The lowest BCUT2D eigenvalue weighted by Crippen LogP contribution is -2.27. The van der Waals surface area contributed by atoms with Crippen molar-refractivity contribution in [2.45, 2.75) is 39.7 Å². The zero-order valence-electron chi connectivity index (χ0n) is 10.4. The van der Waals surface area contributed by atoms with Gasteiger partial charge in [0, 0.05) is 12.7 Å². The zero-order chi connectivity index (χ0) is 12.0. The van der Waals surface area contributed by atoms with Gasteiger partial charge in [0.2, 0.25) is 0 Å². The third-order valence-corrected chi connectivity index (χ3v) is 3.00. The number of aromatic nitrogens is 1. The molecule has 1 unspecified atom stereocenters. The van der Waals surface area contributed by atoms with Gasteiger partial charge in [-0.15, -0.1) is 0 Å². The summed E-state index contributed by atoms with van der Waals surface area (Å²) in [6.45, 7) is 6.83. The molecule has 1 atom stereocenters. The van der Waals surface area contributed by atoms with Crippen LogP contribution in [0, 0.1) is 12.8 Å². The summed E-state index contributed by atoms with van der Waals surface area (Å²) in [4.78, 5) is 4.20. The molecular formula is C13H22N2O. The predicted octanol–water partition coefficient (Wildman–Crippen LogP) is 2.60. The van der Waals surface area contributed by atoms with E-state index in [1.54, 1.807) is 6.20 Å². The van der Waals surface area contributed by atoms with Crippen LogP contribution in [0.1, 0.15) is 32.3 Å². The number of aliphatic hydroxyl groups is 1. The second-order valence-electron chi connectivity index (χ2n) is 4.24. The van der Waals surface area contributed by atoms with E-state index < -0.39 is 0 Å². The number of nitrogens with one attached hydrogen (secondary N) is 1. The Labute approximate surface area is 97.9 Å². The number of rotatable bonds is 6. The second-order valence-corrected chi connectivity index (χ2v) is 4.24. The van der Waals surface area contributed by atoms with E-state index in [9.17, 15) is 5.11 Å². The van der Waals surface area contributed by atoms with Gasteiger partial charge in [-0.1, -0.05) is 26.7 Å². The smallest absolute Gasteiger partial charge is 0.126 e. The van der Waals surface area contributed by atoms with E-state index in [0.717, 1.165) is 18.7 Å². The maximum Gasteiger partial charge on any atom is 0.126 e. The standard InChI is InChI=1S/C13H22N2O/c1-4-11(5-2)12(16)9-15-13-8-10(3)6-7-14-13/h6-8,11-12,16H,4-5,9H2,1-3H3,(H,14,15). The first-order chi connectivity index (χ1) is 7.67. The SMILES string of the molecule is CCC(CC)C(O)CNc1cc(C)ccn1. The molecule has 0 spiro atoms. The van der Waals surface area contributed by atoms with E-state index in [-0.39, 0.29) is 6.10 Å². The van der Waals surface area contributed by atoms with Crippen LogP contribution in [-0.4, -0.2) is 22.7 Å². The number of pyridine rings is 1. The van der Waals surface area contributed by atoms with Gasteiger partial charge in [0.1, 0.15) is 5.82 Å². The lowest BCUT2D eigenvalue weighted by molar-refractivity contribution is 0.114. The number of aliphatic hydroxyl groups excluding tert-OH is 1. The fraction of sp³-hybridized carbons (Fsp3) is 0.615. The van der Waals surface area contributed by atoms with Gasteiger partial charge in [-0.25, -0.2) is 4.98 Å². The molecule has 2 N–H and O–H groups in total. The van der Waals surface area contributed by atoms with E-state index in [1.807, 2.05) is 19.1 Å². The van der Waals surface area contributed by atoms with Crippen molar-refractivity contribution in [3.63, 3.8) is 0 Å². The first-order valence-electron chi connectivity index (χ1n) is 6.02. The summed E-state index contributed by atoms with van der Waals surface area (Å²) in [6, 6.07) is 3.95. The molecule has 0 aliphatic carbocycles. The average Bonchev–Trinajstić information content (AvgIpc) is 2.28. The molecule has 16 heavy (non-hydrogen) atoms. The first kappa shape index (κ1) is 13.0. The minimum absolute atomic E-state index is 0.294. The van der Waals surface area contributed by atoms with Crippen LogP contribution in [0.5, 0.6) is 0 Å². The van der Waals surface area contributed by atoms with E-state index >= 15 is 0 Å². The summed E-state index contributed by atoms with van der Waals surface area (Å²) in [5.41, 5.74) is 1.18. The highest BCUT2D eigenvalue weighted by Crippen LogP contribution is 2.14. The quantitative estimate of drug-likeness (QED) is 0.777. The second kappa shape index (κ2) is 6.48. The van der Waals surface area contributed by atoms with Gasteiger partial charge in [-0.05, 0) is 30.5 Å².